The van der Waals surface area contributed by atoms with Gasteiger partial charge in [0, 0.05) is 23.8 Å². The van der Waals surface area contributed by atoms with Gasteiger partial charge in [0.1, 0.15) is 0 Å². The van der Waals surface area contributed by atoms with Gasteiger partial charge in [0.25, 0.3) is 0 Å². The Kier molecular flexibility index (Phi) is 4.08. The van der Waals surface area contributed by atoms with Gasteiger partial charge in [0.2, 0.25) is 0 Å². The van der Waals surface area contributed by atoms with Gasteiger partial charge in [0.05, 0.1) is 0 Å². The number of rotatable bonds is 3. The lowest BCUT2D eigenvalue weighted by Gasteiger charge is -2.22. The van der Waals surface area contributed by atoms with Crippen molar-refractivity contribution in [3.63, 3.8) is 0 Å². The molecule has 1 heterocycles. The monoisotopic (exact) mass is 283 g/mol. The van der Waals surface area contributed by atoms with Crippen LogP contribution in [0, 0.1) is 0 Å². The molecule has 0 aliphatic carbocycles. The summed E-state index contributed by atoms with van der Waals surface area (Å²) in [5, 5.41) is 0.785. The molecule has 1 saturated heterocycles. The van der Waals surface area contributed by atoms with Gasteiger partial charge >= 0.3 is 0 Å². The molecule has 0 amide bonds. The van der Waals surface area contributed by atoms with Crippen molar-refractivity contribution in [2.45, 2.75) is 12.8 Å². The summed E-state index contributed by atoms with van der Waals surface area (Å²) in [7, 11) is 0. The SMILES string of the molecule is Clc1cccc(/C=C(\c2ccccc2)N2CCCC2)c1. The molecule has 0 atom stereocenters. The minimum Gasteiger partial charge on any atom is -0.371 e. The maximum atomic E-state index is 6.09. The molecule has 0 N–H and O–H groups in total. The molecule has 0 bridgehead atoms. The van der Waals surface area contributed by atoms with Crippen LogP contribution in [0.1, 0.15) is 24.0 Å². The molecule has 1 fully saturated rings. The smallest absolute Gasteiger partial charge is 0.0445 e. The van der Waals surface area contributed by atoms with Crippen LogP contribution in [0.5, 0.6) is 0 Å². The van der Waals surface area contributed by atoms with Gasteiger partial charge in [-0.2, -0.15) is 0 Å². The minimum atomic E-state index is 0.785. The van der Waals surface area contributed by atoms with E-state index in [4.69, 9.17) is 11.6 Å². The van der Waals surface area contributed by atoms with Crippen molar-refractivity contribution in [3.8, 4) is 0 Å². The van der Waals surface area contributed by atoms with Crippen molar-refractivity contribution < 1.29 is 0 Å². The van der Waals surface area contributed by atoms with Gasteiger partial charge in [-0.3, -0.25) is 0 Å². The third-order valence-corrected chi connectivity index (χ3v) is 3.90. The van der Waals surface area contributed by atoms with Crippen LogP contribution in [0.4, 0.5) is 0 Å². The first-order valence-corrected chi connectivity index (χ1v) is 7.48. The first kappa shape index (κ1) is 13.3. The Morgan fingerprint density at radius 3 is 2.40 bits per heavy atom. The largest absolute Gasteiger partial charge is 0.371 e. The van der Waals surface area contributed by atoms with E-state index in [2.05, 4.69) is 47.4 Å². The second kappa shape index (κ2) is 6.15. The minimum absolute atomic E-state index is 0.785. The van der Waals surface area contributed by atoms with E-state index in [1.54, 1.807) is 0 Å². The Morgan fingerprint density at radius 2 is 1.70 bits per heavy atom. The molecule has 102 valence electrons. The Bertz CT molecular complexity index is 598. The summed E-state index contributed by atoms with van der Waals surface area (Å²) in [6.45, 7) is 2.28. The molecule has 1 aliphatic heterocycles. The molecule has 1 aliphatic rings. The van der Waals surface area contributed by atoms with Gasteiger partial charge in [-0.1, -0.05) is 54.1 Å². The maximum absolute atomic E-state index is 6.09. The summed E-state index contributed by atoms with van der Waals surface area (Å²) < 4.78 is 0. The summed E-state index contributed by atoms with van der Waals surface area (Å²) >= 11 is 6.09. The standard InChI is InChI=1S/C18H18ClN/c19-17-10-6-7-15(13-17)14-18(20-11-4-5-12-20)16-8-2-1-3-9-16/h1-3,6-10,13-14H,4-5,11-12H2/b18-14+. The van der Waals surface area contributed by atoms with Crippen LogP contribution in [0.3, 0.4) is 0 Å². The topological polar surface area (TPSA) is 3.24 Å². The van der Waals surface area contributed by atoms with E-state index in [-0.39, 0.29) is 0 Å². The summed E-state index contributed by atoms with van der Waals surface area (Å²) in [5.74, 6) is 0. The van der Waals surface area contributed by atoms with Crippen LogP contribution >= 0.6 is 11.6 Å². The fourth-order valence-corrected chi connectivity index (χ4v) is 2.88. The van der Waals surface area contributed by atoms with Crippen LogP contribution in [0.2, 0.25) is 5.02 Å². The Morgan fingerprint density at radius 1 is 0.950 bits per heavy atom. The lowest BCUT2D eigenvalue weighted by atomic mass is 10.1. The molecule has 2 aromatic carbocycles. The zero-order chi connectivity index (χ0) is 13.8. The molecule has 0 radical (unpaired) electrons. The fraction of sp³-hybridized carbons (Fsp3) is 0.222. The third kappa shape index (κ3) is 3.05. The van der Waals surface area contributed by atoms with Crippen molar-refractivity contribution in [3.05, 3.63) is 70.7 Å². The molecule has 3 rings (SSSR count). The highest BCUT2D eigenvalue weighted by molar-refractivity contribution is 6.30. The molecule has 0 saturated carbocycles. The highest BCUT2D eigenvalue weighted by atomic mass is 35.5. The van der Waals surface area contributed by atoms with Crippen molar-refractivity contribution in [2.24, 2.45) is 0 Å². The van der Waals surface area contributed by atoms with E-state index in [0.29, 0.717) is 0 Å². The summed E-state index contributed by atoms with van der Waals surface area (Å²) in [6, 6.07) is 18.6. The molecular weight excluding hydrogens is 266 g/mol. The van der Waals surface area contributed by atoms with Crippen LogP contribution in [-0.2, 0) is 0 Å². The number of halogens is 1. The Labute approximate surface area is 125 Å². The molecule has 2 heteroatoms. The predicted molar refractivity (Wildman–Crippen MR) is 86.6 cm³/mol. The zero-order valence-corrected chi connectivity index (χ0v) is 12.2. The average Bonchev–Trinajstić information content (AvgIpc) is 3.00. The van der Waals surface area contributed by atoms with Gasteiger partial charge in [-0.25, -0.2) is 0 Å². The predicted octanol–water partition coefficient (Wildman–Crippen LogP) is 4.93. The summed E-state index contributed by atoms with van der Waals surface area (Å²) in [5.41, 5.74) is 3.72. The van der Waals surface area contributed by atoms with Crippen molar-refractivity contribution in [1.29, 1.82) is 0 Å². The highest BCUT2D eigenvalue weighted by Gasteiger charge is 2.16. The molecule has 0 unspecified atom stereocenters. The van der Waals surface area contributed by atoms with Crippen LogP contribution in [0.15, 0.2) is 54.6 Å². The first-order valence-electron chi connectivity index (χ1n) is 7.10. The van der Waals surface area contributed by atoms with Crippen molar-refractivity contribution >= 4 is 23.4 Å². The quantitative estimate of drug-likeness (QED) is 0.722. The normalized spacial score (nSPS) is 15.7. The van der Waals surface area contributed by atoms with Crippen LogP contribution in [-0.4, -0.2) is 18.0 Å². The van der Waals surface area contributed by atoms with Crippen LogP contribution in [0.25, 0.3) is 11.8 Å². The number of benzene rings is 2. The van der Waals surface area contributed by atoms with Gasteiger partial charge in [-0.05, 0) is 42.2 Å². The summed E-state index contributed by atoms with van der Waals surface area (Å²) in [4.78, 5) is 2.47. The first-order chi connectivity index (χ1) is 9.83. The van der Waals surface area contributed by atoms with Gasteiger partial charge in [-0.15, -0.1) is 0 Å². The maximum Gasteiger partial charge on any atom is 0.0445 e. The van der Waals surface area contributed by atoms with E-state index in [0.717, 1.165) is 23.7 Å². The lowest BCUT2D eigenvalue weighted by Crippen LogP contribution is -2.17. The molecule has 0 spiro atoms. The molecule has 2 aromatic rings. The number of likely N-dealkylation sites (tertiary alicyclic amines) is 1. The van der Waals surface area contributed by atoms with Crippen molar-refractivity contribution in [1.82, 2.24) is 4.90 Å². The zero-order valence-electron chi connectivity index (χ0n) is 11.4. The molecular formula is C18H18ClN. The van der Waals surface area contributed by atoms with E-state index in [9.17, 15) is 0 Å². The van der Waals surface area contributed by atoms with E-state index in [1.807, 2.05) is 18.2 Å². The second-order valence-electron chi connectivity index (χ2n) is 5.14. The number of hydrogen-bond donors (Lipinski definition) is 0. The van der Waals surface area contributed by atoms with Crippen LogP contribution < -0.4 is 0 Å². The average molecular weight is 284 g/mol. The molecule has 0 aromatic heterocycles. The Hall–Kier alpha value is -1.73. The molecule has 1 nitrogen and oxygen atoms in total. The second-order valence-corrected chi connectivity index (χ2v) is 5.58. The number of hydrogen-bond acceptors (Lipinski definition) is 1. The molecule has 20 heavy (non-hydrogen) atoms. The number of nitrogens with zero attached hydrogens (tertiary/aromatic N) is 1. The van der Waals surface area contributed by atoms with E-state index in [1.165, 1.54) is 24.1 Å². The third-order valence-electron chi connectivity index (χ3n) is 3.67. The van der Waals surface area contributed by atoms with E-state index < -0.39 is 0 Å². The fourth-order valence-electron chi connectivity index (χ4n) is 2.68. The van der Waals surface area contributed by atoms with E-state index >= 15 is 0 Å². The summed E-state index contributed by atoms with van der Waals surface area (Å²) in [6.07, 6.45) is 4.80. The Balaban J connectivity index is 2.01. The van der Waals surface area contributed by atoms with Gasteiger partial charge < -0.3 is 4.90 Å². The van der Waals surface area contributed by atoms with Crippen molar-refractivity contribution in [2.75, 3.05) is 13.1 Å². The van der Waals surface area contributed by atoms with Gasteiger partial charge in [0.15, 0.2) is 0 Å². The lowest BCUT2D eigenvalue weighted by molar-refractivity contribution is 0.495. The highest BCUT2D eigenvalue weighted by Crippen LogP contribution is 2.26.